The minimum Gasteiger partial charge on any atom is -0.352 e. The summed E-state index contributed by atoms with van der Waals surface area (Å²) in [5, 5.41) is 4.80. The summed E-state index contributed by atoms with van der Waals surface area (Å²) in [5.41, 5.74) is 0.770. The number of carbonyl (C=O) groups excluding carboxylic acids is 1. The van der Waals surface area contributed by atoms with E-state index in [1.165, 1.54) is 0 Å². The molecule has 1 N–H and O–H groups in total. The van der Waals surface area contributed by atoms with Gasteiger partial charge in [0.25, 0.3) is 5.91 Å². The molecule has 5 heteroatoms. The van der Waals surface area contributed by atoms with E-state index in [4.69, 9.17) is 0 Å². The molecule has 0 saturated heterocycles. The highest BCUT2D eigenvalue weighted by Crippen LogP contribution is 2.16. The topological polar surface area (TPSA) is 29.1 Å². The Hall–Kier alpha value is 0.380. The van der Waals surface area contributed by atoms with Crippen molar-refractivity contribution in [1.29, 1.82) is 0 Å². The first-order chi connectivity index (χ1) is 7.13. The molecule has 0 aliphatic carbocycles. The van der Waals surface area contributed by atoms with Crippen LogP contribution in [0.1, 0.15) is 30.1 Å². The summed E-state index contributed by atoms with van der Waals surface area (Å²) in [6.07, 6.45) is 2.07. The number of hydrogen-bond donors (Lipinski definition) is 1. The number of rotatable bonds is 5. The molecule has 0 fully saturated rings. The number of halogens is 2. The third-order valence-electron chi connectivity index (χ3n) is 2.02. The van der Waals surface area contributed by atoms with E-state index in [9.17, 15) is 4.79 Å². The summed E-state index contributed by atoms with van der Waals surface area (Å²) in [6, 6.07) is 1.91. The molecule has 1 atom stereocenters. The second-order valence-corrected chi connectivity index (χ2v) is 7.29. The van der Waals surface area contributed by atoms with E-state index in [1.54, 1.807) is 11.3 Å². The molecule has 0 aliphatic rings. The number of alkyl halides is 1. The van der Waals surface area contributed by atoms with E-state index >= 15 is 0 Å². The van der Waals surface area contributed by atoms with Crippen LogP contribution >= 0.6 is 49.9 Å². The van der Waals surface area contributed by atoms with E-state index in [-0.39, 0.29) is 5.91 Å². The fraction of sp³-hybridized carbons (Fsp3) is 0.500. The number of carbonyl (C=O) groups is 1. The molecule has 0 aliphatic heterocycles. The maximum atomic E-state index is 11.6. The molecule has 1 aromatic rings. The van der Waals surface area contributed by atoms with Crippen LogP contribution in [0.15, 0.2) is 11.4 Å². The van der Waals surface area contributed by atoms with Crippen molar-refractivity contribution in [3.8, 4) is 0 Å². The van der Waals surface area contributed by atoms with Crippen LogP contribution in [0, 0.1) is 2.88 Å². The Labute approximate surface area is 116 Å². The number of thiophene rings is 1. The zero-order chi connectivity index (χ0) is 11.3. The highest BCUT2D eigenvalue weighted by Gasteiger charge is 2.07. The molecule has 15 heavy (non-hydrogen) atoms. The summed E-state index contributed by atoms with van der Waals surface area (Å²) in [5.74, 6) is 0.0324. The fourth-order valence-electron chi connectivity index (χ4n) is 1.08. The van der Waals surface area contributed by atoms with Gasteiger partial charge in [0.1, 0.15) is 0 Å². The second-order valence-electron chi connectivity index (χ2n) is 3.19. The van der Waals surface area contributed by atoms with Crippen LogP contribution in [0.5, 0.6) is 0 Å². The predicted molar refractivity (Wildman–Crippen MR) is 77.0 cm³/mol. The molecule has 0 radical (unpaired) electrons. The first-order valence-corrected chi connectivity index (χ1v) is 7.67. The lowest BCUT2D eigenvalue weighted by Crippen LogP contribution is -2.25. The molecule has 1 rings (SSSR count). The lowest BCUT2D eigenvalue weighted by atomic mass is 10.2. The molecule has 1 unspecified atom stereocenters. The highest BCUT2D eigenvalue weighted by molar-refractivity contribution is 14.1. The molecular weight excluding hydrogens is 389 g/mol. The van der Waals surface area contributed by atoms with Gasteiger partial charge in [0.15, 0.2) is 0 Å². The lowest BCUT2D eigenvalue weighted by Gasteiger charge is -2.07. The Balaban J connectivity index is 2.31. The zero-order valence-corrected chi connectivity index (χ0v) is 13.0. The van der Waals surface area contributed by atoms with Crippen molar-refractivity contribution in [2.24, 2.45) is 0 Å². The van der Waals surface area contributed by atoms with E-state index in [2.05, 4.69) is 50.8 Å². The first-order valence-electron chi connectivity index (χ1n) is 4.79. The Morgan fingerprint density at radius 3 is 3.00 bits per heavy atom. The summed E-state index contributed by atoms with van der Waals surface area (Å²) in [7, 11) is 0. The van der Waals surface area contributed by atoms with Gasteiger partial charge >= 0.3 is 0 Å². The van der Waals surface area contributed by atoms with Crippen molar-refractivity contribution in [2.45, 2.75) is 24.6 Å². The van der Waals surface area contributed by atoms with Crippen molar-refractivity contribution in [2.75, 3.05) is 6.54 Å². The SMILES string of the molecule is CCC(Br)CCNC(=O)c1csc(I)c1. The van der Waals surface area contributed by atoms with Crippen LogP contribution in [0.25, 0.3) is 0 Å². The molecule has 0 bridgehead atoms. The van der Waals surface area contributed by atoms with Gasteiger partial charge in [-0.1, -0.05) is 22.9 Å². The quantitative estimate of drug-likeness (QED) is 0.592. The molecule has 0 saturated carbocycles. The van der Waals surface area contributed by atoms with Gasteiger partial charge in [0.05, 0.1) is 8.45 Å². The molecule has 1 amide bonds. The fourth-order valence-corrected chi connectivity index (χ4v) is 2.63. The van der Waals surface area contributed by atoms with Crippen molar-refractivity contribution < 1.29 is 4.79 Å². The van der Waals surface area contributed by atoms with Gasteiger partial charge in [-0.15, -0.1) is 11.3 Å². The Morgan fingerprint density at radius 1 is 1.73 bits per heavy atom. The molecule has 84 valence electrons. The monoisotopic (exact) mass is 401 g/mol. The predicted octanol–water partition coefficient (Wildman–Crippen LogP) is 3.65. The van der Waals surface area contributed by atoms with Crippen LogP contribution in [-0.2, 0) is 0 Å². The number of hydrogen-bond acceptors (Lipinski definition) is 2. The summed E-state index contributed by atoms with van der Waals surface area (Å²) in [4.78, 5) is 12.1. The van der Waals surface area contributed by atoms with Gasteiger partial charge in [-0.2, -0.15) is 0 Å². The number of nitrogens with one attached hydrogen (secondary N) is 1. The van der Waals surface area contributed by atoms with Gasteiger partial charge in [-0.3, -0.25) is 4.79 Å². The third-order valence-corrected chi connectivity index (χ3v) is 4.91. The minimum absolute atomic E-state index is 0.0324. The third kappa shape index (κ3) is 4.82. The average Bonchev–Trinajstić information content (AvgIpc) is 2.64. The molecular formula is C10H13BrINOS. The van der Waals surface area contributed by atoms with Crippen molar-refractivity contribution in [3.63, 3.8) is 0 Å². The van der Waals surface area contributed by atoms with Crippen LogP contribution in [0.3, 0.4) is 0 Å². The molecule has 1 aromatic heterocycles. The summed E-state index contributed by atoms with van der Waals surface area (Å²) >= 11 is 7.35. The smallest absolute Gasteiger partial charge is 0.252 e. The van der Waals surface area contributed by atoms with Crippen LogP contribution in [-0.4, -0.2) is 17.3 Å². The molecule has 1 heterocycles. The Kier molecular flexibility index (Phi) is 6.14. The standard InChI is InChI=1S/C10H13BrINOS/c1-2-8(11)3-4-13-10(14)7-5-9(12)15-6-7/h5-6,8H,2-4H2,1H3,(H,13,14). The van der Waals surface area contributed by atoms with E-state index in [0.717, 1.165) is 27.8 Å². The second kappa shape index (κ2) is 6.85. The zero-order valence-electron chi connectivity index (χ0n) is 8.43. The Morgan fingerprint density at radius 2 is 2.47 bits per heavy atom. The maximum absolute atomic E-state index is 11.6. The summed E-state index contributed by atoms with van der Waals surface area (Å²) in [6.45, 7) is 2.86. The van der Waals surface area contributed by atoms with Crippen molar-refractivity contribution in [1.82, 2.24) is 5.32 Å². The minimum atomic E-state index is 0.0324. The van der Waals surface area contributed by atoms with Crippen molar-refractivity contribution in [3.05, 3.63) is 19.9 Å². The van der Waals surface area contributed by atoms with Crippen LogP contribution < -0.4 is 5.32 Å². The highest BCUT2D eigenvalue weighted by atomic mass is 127. The van der Waals surface area contributed by atoms with Crippen molar-refractivity contribution >= 4 is 55.8 Å². The van der Waals surface area contributed by atoms with Crippen LogP contribution in [0.2, 0.25) is 0 Å². The molecule has 0 spiro atoms. The summed E-state index contributed by atoms with van der Waals surface area (Å²) < 4.78 is 1.14. The number of amides is 1. The van der Waals surface area contributed by atoms with E-state index < -0.39 is 0 Å². The molecule has 2 nitrogen and oxygen atoms in total. The van der Waals surface area contributed by atoms with E-state index in [1.807, 2.05) is 11.4 Å². The van der Waals surface area contributed by atoms with Gasteiger partial charge in [-0.05, 0) is 41.5 Å². The average molecular weight is 402 g/mol. The normalized spacial score (nSPS) is 12.5. The lowest BCUT2D eigenvalue weighted by molar-refractivity contribution is 0.0953. The van der Waals surface area contributed by atoms with Gasteiger partial charge in [0.2, 0.25) is 0 Å². The largest absolute Gasteiger partial charge is 0.352 e. The van der Waals surface area contributed by atoms with Gasteiger partial charge < -0.3 is 5.32 Å². The van der Waals surface area contributed by atoms with E-state index in [0.29, 0.717) is 4.83 Å². The first kappa shape index (κ1) is 13.4. The maximum Gasteiger partial charge on any atom is 0.252 e. The van der Waals surface area contributed by atoms with Crippen LogP contribution in [0.4, 0.5) is 0 Å². The molecule has 0 aromatic carbocycles. The Bertz CT molecular complexity index is 329. The van der Waals surface area contributed by atoms with Gasteiger partial charge in [-0.25, -0.2) is 0 Å². The van der Waals surface area contributed by atoms with Gasteiger partial charge in [0, 0.05) is 16.8 Å².